The summed E-state index contributed by atoms with van der Waals surface area (Å²) in [5, 5.41) is 32.8. The number of phenolic OH excluding ortho intramolecular Hbond substituents is 3. The first-order valence-electron chi connectivity index (χ1n) is 44.2. The molecular weight excluding hydrogens is 1370 g/mol. The fourth-order valence-electron chi connectivity index (χ4n) is 14.7. The molecule has 0 radical (unpaired) electrons. The summed E-state index contributed by atoms with van der Waals surface area (Å²) in [6.07, 6.45) is 16.0. The zero-order valence-electron chi connectivity index (χ0n) is 75.6. The van der Waals surface area contributed by atoms with E-state index < -0.39 is 0 Å². The number of nitrogens with zero attached hydrogens (tertiary/aromatic N) is 12. The lowest BCUT2D eigenvalue weighted by Gasteiger charge is -2.27. The molecule has 0 saturated carbocycles. The number of hydrogen-bond acceptors (Lipinski definition) is 16. The predicted octanol–water partition coefficient (Wildman–Crippen LogP) is 16.6. The first-order chi connectivity index (χ1) is 52.3. The van der Waals surface area contributed by atoms with Gasteiger partial charge in [-0.3, -0.25) is 14.7 Å². The molecule has 16 heteroatoms. The summed E-state index contributed by atoms with van der Waals surface area (Å²) in [5.74, 6) is 1.55. The van der Waals surface area contributed by atoms with Crippen LogP contribution in [-0.4, -0.2) is 293 Å². The van der Waals surface area contributed by atoms with Crippen molar-refractivity contribution >= 4 is 12.6 Å². The highest BCUT2D eigenvalue weighted by atomic mass is 32.1. The van der Waals surface area contributed by atoms with Crippen LogP contribution in [0.15, 0.2) is 53.4 Å². The maximum Gasteiger partial charge on any atom is 0.124 e. The van der Waals surface area contributed by atoms with E-state index in [0.29, 0.717) is 17.2 Å². The molecule has 0 bridgehead atoms. The average molecular weight is 1540 g/mol. The number of thiol groups is 1. The number of phenols is 3. The van der Waals surface area contributed by atoms with E-state index >= 15 is 0 Å². The number of rotatable bonds is 57. The topological polar surface area (TPSA) is 99.6 Å². The fraction of sp³-hybridized carbons (Fsp3) is 0.742. The van der Waals surface area contributed by atoms with E-state index in [0.717, 1.165) is 313 Å². The Morgan fingerprint density at radius 2 is 0.394 bits per heavy atom. The zero-order valence-corrected chi connectivity index (χ0v) is 76.5. The molecule has 0 aromatic heterocycles. The maximum atomic E-state index is 11.3. The molecule has 0 atom stereocenters. The Morgan fingerprint density at radius 3 is 0.633 bits per heavy atom. The normalized spacial score (nSPS) is 11.9. The van der Waals surface area contributed by atoms with Crippen LogP contribution in [0.4, 0.5) is 0 Å². The standard InChI is InChI=1S/C27H51N3O.C24H45N3O.C24H45N3S.C18H33N3O/c1-7-13-28(14-8-2)21-24-19-25(22-29(15-9-3)16-10-4)27(31)26(20-24)23-30(17-11-5)18-12-6;2*1-7-25(8-2)16-13-21-19-22(14-17-26(9-3)10-4)24(28)23(20-21)15-18-27(11-5)12-6;1-19(2)10-7-15-13-16(8-11-20(3)4)18(22)17(14-15)9-12-21(5)6/h19-20,31H,7-18,21-23H2,1-6H3;2*19-20,28H,7-18H2,1-6H3;13-14,22H,7-12H2,1-6H3. The van der Waals surface area contributed by atoms with Gasteiger partial charge in [-0.25, -0.2) is 0 Å². The smallest absolute Gasteiger partial charge is 0.124 e. The third-order valence-corrected chi connectivity index (χ3v) is 22.4. The molecule has 0 fully saturated rings. The van der Waals surface area contributed by atoms with Crippen molar-refractivity contribution in [1.29, 1.82) is 0 Å². The molecule has 4 aromatic rings. The second kappa shape index (κ2) is 62.5. The molecule has 4 aromatic carbocycles. The molecule has 3 N–H and O–H groups in total. The largest absolute Gasteiger partial charge is 0.507 e. The van der Waals surface area contributed by atoms with Crippen LogP contribution in [-0.2, 0) is 77.4 Å². The number of hydrogen-bond donors (Lipinski definition) is 4. The third-order valence-electron chi connectivity index (χ3n) is 21.8. The second-order valence-electron chi connectivity index (χ2n) is 31.2. The molecule has 0 aliphatic heterocycles. The van der Waals surface area contributed by atoms with Crippen LogP contribution in [0.2, 0.25) is 0 Å². The van der Waals surface area contributed by atoms with Gasteiger partial charge in [0.25, 0.3) is 0 Å². The number of benzene rings is 4. The van der Waals surface area contributed by atoms with Gasteiger partial charge in [-0.1, -0.05) is 161 Å². The minimum absolute atomic E-state index is 0.498. The molecule has 15 nitrogen and oxygen atoms in total. The summed E-state index contributed by atoms with van der Waals surface area (Å²) < 4.78 is 0. The molecule has 630 valence electrons. The number of aromatic hydroxyl groups is 3. The van der Waals surface area contributed by atoms with E-state index in [1.54, 1.807) is 0 Å². The lowest BCUT2D eigenvalue weighted by atomic mass is 9.97. The van der Waals surface area contributed by atoms with Gasteiger partial charge in [0.15, 0.2) is 0 Å². The molecule has 0 heterocycles. The lowest BCUT2D eigenvalue weighted by molar-refractivity contribution is 0.252. The van der Waals surface area contributed by atoms with Crippen molar-refractivity contribution in [3.63, 3.8) is 0 Å². The Hall–Kier alpha value is -3.85. The Morgan fingerprint density at radius 1 is 0.211 bits per heavy atom. The van der Waals surface area contributed by atoms with Gasteiger partial charge in [0.2, 0.25) is 0 Å². The monoisotopic (exact) mass is 1540 g/mol. The van der Waals surface area contributed by atoms with Gasteiger partial charge < -0.3 is 59.4 Å². The van der Waals surface area contributed by atoms with E-state index in [1.807, 2.05) is 0 Å². The third kappa shape index (κ3) is 42.9. The minimum Gasteiger partial charge on any atom is -0.507 e. The van der Waals surface area contributed by atoms with Gasteiger partial charge in [0.1, 0.15) is 17.2 Å². The van der Waals surface area contributed by atoms with Crippen LogP contribution >= 0.6 is 12.6 Å². The molecule has 109 heavy (non-hydrogen) atoms. The van der Waals surface area contributed by atoms with E-state index in [2.05, 4.69) is 274 Å². The predicted molar refractivity (Wildman–Crippen MR) is 481 cm³/mol. The van der Waals surface area contributed by atoms with E-state index in [1.165, 1.54) is 51.1 Å². The summed E-state index contributed by atoms with van der Waals surface area (Å²) in [4.78, 5) is 30.1. The highest BCUT2D eigenvalue weighted by Gasteiger charge is 2.20. The minimum atomic E-state index is 0.498. The number of likely N-dealkylation sites (N-methyl/N-ethyl adjacent to an activating group) is 9. The first-order valence-corrected chi connectivity index (χ1v) is 44.6. The average Bonchev–Trinajstić information content (AvgIpc) is 0.863. The Kier molecular flexibility index (Phi) is 59.2. The molecule has 0 unspecified atom stereocenters. The molecule has 0 aliphatic carbocycles. The summed E-state index contributed by atoms with van der Waals surface area (Å²) >= 11 is 4.98. The zero-order chi connectivity index (χ0) is 81.6. The summed E-state index contributed by atoms with van der Waals surface area (Å²) in [7, 11) is 12.5. The van der Waals surface area contributed by atoms with Crippen LogP contribution in [0.5, 0.6) is 17.2 Å². The van der Waals surface area contributed by atoms with E-state index in [4.69, 9.17) is 12.6 Å². The highest BCUT2D eigenvalue weighted by molar-refractivity contribution is 7.80. The molecule has 0 amide bonds. The van der Waals surface area contributed by atoms with Gasteiger partial charge in [-0.05, 0) is 324 Å². The van der Waals surface area contributed by atoms with Gasteiger partial charge >= 0.3 is 0 Å². The Labute approximate surface area is 679 Å². The molecule has 4 rings (SSSR count). The van der Waals surface area contributed by atoms with Crippen molar-refractivity contribution in [3.05, 3.63) is 115 Å². The second-order valence-corrected chi connectivity index (χ2v) is 31.6. The van der Waals surface area contributed by atoms with E-state index in [-0.39, 0.29) is 0 Å². The fourth-order valence-corrected chi connectivity index (χ4v) is 15.0. The Balaban J connectivity index is 0.000000731. The van der Waals surface area contributed by atoms with Crippen LogP contribution < -0.4 is 0 Å². The van der Waals surface area contributed by atoms with Crippen LogP contribution in [0.1, 0.15) is 230 Å². The Bertz CT molecular complexity index is 2620. The maximum absolute atomic E-state index is 11.3. The van der Waals surface area contributed by atoms with Crippen molar-refractivity contribution in [1.82, 2.24) is 58.8 Å². The lowest BCUT2D eigenvalue weighted by Crippen LogP contribution is -2.28. The van der Waals surface area contributed by atoms with Crippen LogP contribution in [0, 0.1) is 0 Å². The van der Waals surface area contributed by atoms with Crippen LogP contribution in [0.25, 0.3) is 0 Å². The van der Waals surface area contributed by atoms with Crippen molar-refractivity contribution in [2.45, 2.75) is 245 Å². The SMILES string of the molecule is CCCN(CCC)Cc1cc(CN(CCC)CCC)c(O)c(CN(CCC)CCC)c1.CCN(CC)CCc1cc(CCN(CC)CC)c(O)c(CCN(CC)CC)c1.CCN(CC)CCc1cc(CCN(CC)CC)c(S)c(CCN(CC)CC)c1.CN(C)CCc1cc(CCN(C)C)c(O)c(CCN(C)C)c1. The summed E-state index contributed by atoms with van der Waals surface area (Å²) in [6, 6.07) is 18.3. The van der Waals surface area contributed by atoms with Gasteiger partial charge in [-0.2, -0.15) is 0 Å². The summed E-state index contributed by atoms with van der Waals surface area (Å²) in [6.45, 7) is 72.2. The highest BCUT2D eigenvalue weighted by Crippen LogP contribution is 2.32. The molecule has 0 aliphatic rings. The quantitative estimate of drug-likeness (QED) is 0.0316. The first kappa shape index (κ1) is 103. The molecule has 0 spiro atoms. The van der Waals surface area contributed by atoms with Crippen molar-refractivity contribution in [2.24, 2.45) is 0 Å². The summed E-state index contributed by atoms with van der Waals surface area (Å²) in [5.41, 5.74) is 15.0. The molecule has 0 saturated heterocycles. The molecular formula is C93H174N12O3S. The van der Waals surface area contributed by atoms with Crippen molar-refractivity contribution in [2.75, 3.05) is 219 Å². The van der Waals surface area contributed by atoms with Crippen LogP contribution in [0.3, 0.4) is 0 Å². The van der Waals surface area contributed by atoms with Gasteiger partial charge in [0.05, 0.1) is 0 Å². The van der Waals surface area contributed by atoms with Crippen molar-refractivity contribution < 1.29 is 15.3 Å². The van der Waals surface area contributed by atoms with Crippen molar-refractivity contribution in [3.8, 4) is 17.2 Å². The van der Waals surface area contributed by atoms with Gasteiger partial charge in [-0.15, -0.1) is 12.6 Å². The van der Waals surface area contributed by atoms with E-state index in [9.17, 15) is 15.3 Å². The van der Waals surface area contributed by atoms with Gasteiger partial charge in [0, 0.05) is 94.6 Å².